The second kappa shape index (κ2) is 8.09. The van der Waals surface area contributed by atoms with Gasteiger partial charge in [-0.25, -0.2) is 0 Å². The number of likely N-dealkylation sites (tertiary alicyclic amines) is 1. The van der Waals surface area contributed by atoms with Gasteiger partial charge < -0.3 is 10.2 Å². The molecule has 23 heavy (non-hydrogen) atoms. The first-order valence-electron chi connectivity index (χ1n) is 8.19. The molecule has 1 amide bonds. The molecule has 0 unspecified atom stereocenters. The number of amides is 1. The van der Waals surface area contributed by atoms with Crippen LogP contribution in [-0.4, -0.2) is 25.0 Å². The fraction of sp³-hybridized carbons (Fsp3) is 0.316. The summed E-state index contributed by atoms with van der Waals surface area (Å²) in [6, 6.07) is 15.0. The molecule has 2 heterocycles. The zero-order chi connectivity index (χ0) is 15.9. The molecule has 120 valence electrons. The van der Waals surface area contributed by atoms with E-state index in [0.29, 0.717) is 6.04 Å². The second-order valence-electron chi connectivity index (χ2n) is 6.04. The minimum atomic E-state index is 0.0231. The molecule has 1 saturated heterocycles. The predicted octanol–water partition coefficient (Wildman–Crippen LogP) is 2.12. The van der Waals surface area contributed by atoms with Crippen molar-refractivity contribution in [3.05, 3.63) is 64.4 Å². The molecule has 0 spiro atoms. The summed E-state index contributed by atoms with van der Waals surface area (Å²) in [7, 11) is 0. The van der Waals surface area contributed by atoms with Crippen LogP contribution in [-0.2, 0) is 11.3 Å². The van der Waals surface area contributed by atoms with Crippen molar-refractivity contribution in [2.75, 3.05) is 13.1 Å². The van der Waals surface area contributed by atoms with Gasteiger partial charge in [-0.3, -0.25) is 4.79 Å². The van der Waals surface area contributed by atoms with Gasteiger partial charge in [0.25, 0.3) is 0 Å². The van der Waals surface area contributed by atoms with E-state index in [4.69, 9.17) is 0 Å². The molecule has 3 rings (SSSR count). The van der Waals surface area contributed by atoms with E-state index in [-0.39, 0.29) is 5.91 Å². The van der Waals surface area contributed by atoms with E-state index in [1.54, 1.807) is 22.3 Å². The Morgan fingerprint density at radius 2 is 1.96 bits per heavy atom. The number of hydrogen-bond acceptors (Lipinski definition) is 2. The van der Waals surface area contributed by atoms with Gasteiger partial charge in [-0.15, -0.1) is 11.3 Å². The summed E-state index contributed by atoms with van der Waals surface area (Å²) in [6.07, 6.45) is 5.65. The van der Waals surface area contributed by atoms with Gasteiger partial charge in [0.2, 0.25) is 5.91 Å². The zero-order valence-corrected chi connectivity index (χ0v) is 14.0. The van der Waals surface area contributed by atoms with Crippen molar-refractivity contribution >= 4 is 23.3 Å². The van der Waals surface area contributed by atoms with Crippen LogP contribution < -0.4 is 10.2 Å². The topological polar surface area (TPSA) is 33.5 Å². The lowest BCUT2D eigenvalue weighted by atomic mass is 10.0. The van der Waals surface area contributed by atoms with Gasteiger partial charge in [0.15, 0.2) is 0 Å². The average Bonchev–Trinajstić information content (AvgIpc) is 3.09. The van der Waals surface area contributed by atoms with Gasteiger partial charge >= 0.3 is 0 Å². The maximum Gasteiger partial charge on any atom is 0.244 e. The smallest absolute Gasteiger partial charge is 0.244 e. The summed E-state index contributed by atoms with van der Waals surface area (Å²) in [6.45, 7) is 3.32. The molecule has 0 aliphatic carbocycles. The van der Waals surface area contributed by atoms with Gasteiger partial charge in [-0.1, -0.05) is 36.4 Å². The van der Waals surface area contributed by atoms with Gasteiger partial charge in [0.05, 0.1) is 13.1 Å². The number of nitrogens with one attached hydrogen (secondary N) is 2. The molecular weight excluding hydrogens is 304 g/mol. The Bertz CT molecular complexity index is 629. The number of piperidine rings is 1. The van der Waals surface area contributed by atoms with Gasteiger partial charge in [-0.2, -0.15) is 0 Å². The Balaban J connectivity index is 1.41. The summed E-state index contributed by atoms with van der Waals surface area (Å²) in [5.74, 6) is 0.0231. The third-order valence-corrected chi connectivity index (χ3v) is 5.12. The maximum atomic E-state index is 12.0. The molecule has 3 nitrogen and oxygen atoms in total. The fourth-order valence-corrected chi connectivity index (χ4v) is 3.64. The Morgan fingerprint density at radius 1 is 1.17 bits per heavy atom. The number of hydrogen-bond donors (Lipinski definition) is 2. The van der Waals surface area contributed by atoms with E-state index in [9.17, 15) is 4.79 Å². The summed E-state index contributed by atoms with van der Waals surface area (Å²) >= 11 is 1.64. The number of rotatable bonds is 5. The summed E-state index contributed by atoms with van der Waals surface area (Å²) < 4.78 is 0. The van der Waals surface area contributed by atoms with Crippen LogP contribution >= 0.6 is 11.3 Å². The first-order chi connectivity index (χ1) is 11.3. The molecule has 0 saturated carbocycles. The first kappa shape index (κ1) is 16.0. The SMILES string of the molecule is O=C(/C=C/c1cccs1)NC1CC[NH+](Cc2ccccc2)CC1. The fourth-order valence-electron chi connectivity index (χ4n) is 3.02. The largest absolute Gasteiger partial charge is 0.349 e. The van der Waals surface area contributed by atoms with E-state index in [1.165, 1.54) is 5.56 Å². The van der Waals surface area contributed by atoms with Crippen molar-refractivity contribution < 1.29 is 9.69 Å². The highest BCUT2D eigenvalue weighted by atomic mass is 32.1. The monoisotopic (exact) mass is 327 g/mol. The van der Waals surface area contributed by atoms with Gasteiger partial charge in [-0.05, 0) is 17.5 Å². The lowest BCUT2D eigenvalue weighted by Crippen LogP contribution is -3.12. The zero-order valence-electron chi connectivity index (χ0n) is 13.2. The summed E-state index contributed by atoms with van der Waals surface area (Å²) in [5, 5.41) is 5.15. The molecule has 0 atom stereocenters. The second-order valence-corrected chi connectivity index (χ2v) is 7.02. The molecule has 1 aliphatic rings. The van der Waals surface area contributed by atoms with Crippen LogP contribution in [0.5, 0.6) is 0 Å². The standard InChI is InChI=1S/C19H22N2OS/c22-19(9-8-18-7-4-14-23-18)20-17-10-12-21(13-11-17)15-16-5-2-1-3-6-16/h1-9,14,17H,10-13,15H2,(H,20,22)/p+1/b9-8+. The Kier molecular flexibility index (Phi) is 5.61. The van der Waals surface area contributed by atoms with Crippen LogP contribution in [0.2, 0.25) is 0 Å². The van der Waals surface area contributed by atoms with Crippen molar-refractivity contribution in [3.63, 3.8) is 0 Å². The number of benzene rings is 1. The highest BCUT2D eigenvalue weighted by Gasteiger charge is 2.22. The number of quaternary nitrogens is 1. The lowest BCUT2D eigenvalue weighted by molar-refractivity contribution is -0.918. The number of thiophene rings is 1. The van der Waals surface area contributed by atoms with Crippen LogP contribution in [0.25, 0.3) is 6.08 Å². The Labute approximate surface area is 141 Å². The molecule has 1 fully saturated rings. The molecule has 2 aromatic rings. The average molecular weight is 327 g/mol. The number of carbonyl (C=O) groups excluding carboxylic acids is 1. The van der Waals surface area contributed by atoms with Crippen LogP contribution in [0.4, 0.5) is 0 Å². The Hall–Kier alpha value is -1.91. The summed E-state index contributed by atoms with van der Waals surface area (Å²) in [4.78, 5) is 14.7. The normalized spacial score (nSPS) is 21.4. The molecule has 1 aromatic heterocycles. The van der Waals surface area contributed by atoms with E-state index in [0.717, 1.165) is 37.4 Å². The minimum Gasteiger partial charge on any atom is -0.349 e. The van der Waals surface area contributed by atoms with Crippen molar-refractivity contribution in [2.45, 2.75) is 25.4 Å². The van der Waals surface area contributed by atoms with Crippen LogP contribution in [0.3, 0.4) is 0 Å². The maximum absolute atomic E-state index is 12.0. The molecule has 1 aliphatic heterocycles. The molecule has 0 bridgehead atoms. The molecular formula is C19H23N2OS+. The molecule has 2 N–H and O–H groups in total. The highest BCUT2D eigenvalue weighted by Crippen LogP contribution is 2.10. The van der Waals surface area contributed by atoms with Crippen LogP contribution in [0, 0.1) is 0 Å². The lowest BCUT2D eigenvalue weighted by Gasteiger charge is -2.29. The van der Waals surface area contributed by atoms with Gasteiger partial charge in [0.1, 0.15) is 6.54 Å². The highest BCUT2D eigenvalue weighted by molar-refractivity contribution is 7.10. The van der Waals surface area contributed by atoms with Crippen molar-refractivity contribution in [2.24, 2.45) is 0 Å². The van der Waals surface area contributed by atoms with Crippen LogP contribution in [0.15, 0.2) is 53.9 Å². The van der Waals surface area contributed by atoms with E-state index in [1.807, 2.05) is 23.6 Å². The van der Waals surface area contributed by atoms with Crippen LogP contribution in [0.1, 0.15) is 23.3 Å². The van der Waals surface area contributed by atoms with E-state index < -0.39 is 0 Å². The van der Waals surface area contributed by atoms with Crippen molar-refractivity contribution in [1.82, 2.24) is 5.32 Å². The molecule has 4 heteroatoms. The first-order valence-corrected chi connectivity index (χ1v) is 9.07. The third kappa shape index (κ3) is 5.05. The van der Waals surface area contributed by atoms with Crippen molar-refractivity contribution in [3.8, 4) is 0 Å². The quantitative estimate of drug-likeness (QED) is 0.811. The molecule has 0 radical (unpaired) electrons. The summed E-state index contributed by atoms with van der Waals surface area (Å²) in [5.41, 5.74) is 1.39. The van der Waals surface area contributed by atoms with E-state index in [2.05, 4.69) is 35.6 Å². The minimum absolute atomic E-state index is 0.0231. The third-order valence-electron chi connectivity index (χ3n) is 4.28. The van der Waals surface area contributed by atoms with Gasteiger partial charge in [0, 0.05) is 35.4 Å². The van der Waals surface area contributed by atoms with Crippen molar-refractivity contribution in [1.29, 1.82) is 0 Å². The molecule has 1 aromatic carbocycles. The number of carbonyl (C=O) groups is 1. The Morgan fingerprint density at radius 3 is 2.65 bits per heavy atom. The predicted molar refractivity (Wildman–Crippen MR) is 95.4 cm³/mol. The van der Waals surface area contributed by atoms with E-state index >= 15 is 0 Å².